The lowest BCUT2D eigenvalue weighted by molar-refractivity contribution is -0.139. The van der Waals surface area contributed by atoms with E-state index in [9.17, 15) is 4.79 Å². The van der Waals surface area contributed by atoms with Crippen LogP contribution in [0.1, 0.15) is 29.2 Å². The van der Waals surface area contributed by atoms with Gasteiger partial charge in [0.2, 0.25) is 0 Å². The summed E-state index contributed by atoms with van der Waals surface area (Å²) in [7, 11) is 1.35. The SMILES string of the molecule is CCc1ccc(C#N)c(CC(=O)OC)c1C. The Morgan fingerprint density at radius 2 is 2.19 bits per heavy atom. The lowest BCUT2D eigenvalue weighted by Crippen LogP contribution is -2.09. The van der Waals surface area contributed by atoms with Crippen LogP contribution in [0.25, 0.3) is 0 Å². The lowest BCUT2D eigenvalue weighted by atomic mass is 9.94. The van der Waals surface area contributed by atoms with Gasteiger partial charge in [-0.1, -0.05) is 13.0 Å². The second-order valence-corrected chi connectivity index (χ2v) is 3.59. The summed E-state index contributed by atoms with van der Waals surface area (Å²) in [6.45, 7) is 3.99. The van der Waals surface area contributed by atoms with Crippen LogP contribution in [0.5, 0.6) is 0 Å². The molecule has 3 heteroatoms. The van der Waals surface area contributed by atoms with Gasteiger partial charge in [-0.15, -0.1) is 0 Å². The van der Waals surface area contributed by atoms with Crippen molar-refractivity contribution in [3.63, 3.8) is 0 Å². The molecule has 0 atom stereocenters. The van der Waals surface area contributed by atoms with E-state index in [-0.39, 0.29) is 12.4 Å². The molecule has 1 rings (SSSR count). The molecule has 0 radical (unpaired) electrons. The fraction of sp³-hybridized carbons (Fsp3) is 0.385. The Kier molecular flexibility index (Phi) is 4.07. The van der Waals surface area contributed by atoms with Crippen LogP contribution in [0.4, 0.5) is 0 Å². The molecule has 0 unspecified atom stereocenters. The molecule has 0 saturated carbocycles. The highest BCUT2D eigenvalue weighted by Crippen LogP contribution is 2.19. The third kappa shape index (κ3) is 2.40. The van der Waals surface area contributed by atoms with Crippen LogP contribution in [-0.2, 0) is 22.4 Å². The van der Waals surface area contributed by atoms with E-state index in [1.165, 1.54) is 7.11 Å². The number of methoxy groups -OCH3 is 1. The van der Waals surface area contributed by atoms with E-state index in [1.54, 1.807) is 6.07 Å². The average molecular weight is 217 g/mol. The number of nitrogens with zero attached hydrogens (tertiary/aromatic N) is 1. The van der Waals surface area contributed by atoms with E-state index in [0.717, 1.165) is 23.1 Å². The minimum absolute atomic E-state index is 0.166. The van der Waals surface area contributed by atoms with Crippen molar-refractivity contribution < 1.29 is 9.53 Å². The Morgan fingerprint density at radius 1 is 1.50 bits per heavy atom. The molecule has 0 aliphatic carbocycles. The van der Waals surface area contributed by atoms with Gasteiger partial charge in [0.05, 0.1) is 25.2 Å². The number of hydrogen-bond acceptors (Lipinski definition) is 3. The highest BCUT2D eigenvalue weighted by molar-refractivity contribution is 5.74. The Morgan fingerprint density at radius 3 is 2.69 bits per heavy atom. The highest BCUT2D eigenvalue weighted by Gasteiger charge is 2.13. The van der Waals surface area contributed by atoms with E-state index in [2.05, 4.69) is 17.7 Å². The average Bonchev–Trinajstić information content (AvgIpc) is 2.31. The zero-order valence-electron chi connectivity index (χ0n) is 9.83. The quantitative estimate of drug-likeness (QED) is 0.729. The number of nitriles is 1. The molecule has 84 valence electrons. The molecule has 0 N–H and O–H groups in total. The van der Waals surface area contributed by atoms with Crippen molar-refractivity contribution in [1.82, 2.24) is 0 Å². The van der Waals surface area contributed by atoms with Crippen LogP contribution in [0, 0.1) is 18.3 Å². The smallest absolute Gasteiger partial charge is 0.310 e. The second kappa shape index (κ2) is 5.32. The number of benzene rings is 1. The monoisotopic (exact) mass is 217 g/mol. The maximum absolute atomic E-state index is 11.3. The summed E-state index contributed by atoms with van der Waals surface area (Å²) >= 11 is 0. The Labute approximate surface area is 95.7 Å². The van der Waals surface area contributed by atoms with Gasteiger partial charge in [0.15, 0.2) is 0 Å². The van der Waals surface area contributed by atoms with Crippen molar-refractivity contribution in [1.29, 1.82) is 5.26 Å². The summed E-state index contributed by atoms with van der Waals surface area (Å²) in [5.74, 6) is -0.312. The number of carbonyl (C=O) groups excluding carboxylic acids is 1. The molecule has 1 aromatic rings. The van der Waals surface area contributed by atoms with Crippen molar-refractivity contribution in [2.24, 2.45) is 0 Å². The predicted molar refractivity (Wildman–Crippen MR) is 61.0 cm³/mol. The summed E-state index contributed by atoms with van der Waals surface area (Å²) in [6, 6.07) is 5.82. The number of aryl methyl sites for hydroxylation is 1. The topological polar surface area (TPSA) is 50.1 Å². The van der Waals surface area contributed by atoms with E-state index in [1.807, 2.05) is 13.0 Å². The molecule has 1 aromatic carbocycles. The van der Waals surface area contributed by atoms with E-state index in [4.69, 9.17) is 5.26 Å². The first-order chi connectivity index (χ1) is 7.63. The zero-order chi connectivity index (χ0) is 12.1. The molecule has 0 aliphatic rings. The first-order valence-electron chi connectivity index (χ1n) is 5.22. The second-order valence-electron chi connectivity index (χ2n) is 3.59. The van der Waals surface area contributed by atoms with Gasteiger partial charge < -0.3 is 4.74 Å². The van der Waals surface area contributed by atoms with Gasteiger partial charge in [0, 0.05) is 0 Å². The molecule has 3 nitrogen and oxygen atoms in total. The van der Waals surface area contributed by atoms with Gasteiger partial charge in [-0.25, -0.2) is 0 Å². The highest BCUT2D eigenvalue weighted by atomic mass is 16.5. The van der Waals surface area contributed by atoms with Crippen molar-refractivity contribution in [2.75, 3.05) is 7.11 Å². The fourth-order valence-electron chi connectivity index (χ4n) is 1.74. The number of hydrogen-bond donors (Lipinski definition) is 0. The summed E-state index contributed by atoms with van der Waals surface area (Å²) in [5, 5.41) is 8.99. The maximum atomic E-state index is 11.3. The van der Waals surface area contributed by atoms with E-state index < -0.39 is 0 Å². The Hall–Kier alpha value is -1.82. The van der Waals surface area contributed by atoms with Crippen LogP contribution >= 0.6 is 0 Å². The number of rotatable bonds is 3. The maximum Gasteiger partial charge on any atom is 0.310 e. The lowest BCUT2D eigenvalue weighted by Gasteiger charge is -2.11. The molecule has 16 heavy (non-hydrogen) atoms. The molecule has 0 heterocycles. The van der Waals surface area contributed by atoms with Gasteiger partial charge in [-0.05, 0) is 36.1 Å². The van der Waals surface area contributed by atoms with Crippen LogP contribution in [-0.4, -0.2) is 13.1 Å². The van der Waals surface area contributed by atoms with Crippen molar-refractivity contribution in [2.45, 2.75) is 26.7 Å². The van der Waals surface area contributed by atoms with Crippen LogP contribution < -0.4 is 0 Å². The first kappa shape index (κ1) is 12.3. The third-order valence-corrected chi connectivity index (χ3v) is 2.76. The van der Waals surface area contributed by atoms with Crippen molar-refractivity contribution in [3.05, 3.63) is 34.4 Å². The van der Waals surface area contributed by atoms with E-state index >= 15 is 0 Å². The molecule has 0 bridgehead atoms. The molecule has 0 spiro atoms. The molecule has 0 saturated heterocycles. The van der Waals surface area contributed by atoms with Crippen LogP contribution in [0.3, 0.4) is 0 Å². The minimum Gasteiger partial charge on any atom is -0.469 e. The van der Waals surface area contributed by atoms with Crippen LogP contribution in [0.2, 0.25) is 0 Å². The van der Waals surface area contributed by atoms with E-state index in [0.29, 0.717) is 5.56 Å². The van der Waals surface area contributed by atoms with Gasteiger partial charge >= 0.3 is 5.97 Å². The Bertz CT molecular complexity index is 444. The summed E-state index contributed by atoms with van der Waals surface area (Å²) in [4.78, 5) is 11.3. The molecule has 0 fully saturated rings. The standard InChI is InChI=1S/C13H15NO2/c1-4-10-5-6-11(8-14)12(9(10)2)7-13(15)16-3/h5-6H,4,7H2,1-3H3. The fourth-order valence-corrected chi connectivity index (χ4v) is 1.74. The van der Waals surface area contributed by atoms with Gasteiger partial charge in [-0.3, -0.25) is 4.79 Å². The molecule has 0 amide bonds. The number of esters is 1. The first-order valence-corrected chi connectivity index (χ1v) is 5.22. The normalized spacial score (nSPS) is 9.62. The number of ether oxygens (including phenoxy) is 1. The van der Waals surface area contributed by atoms with Gasteiger partial charge in [0.25, 0.3) is 0 Å². The summed E-state index contributed by atoms with van der Waals surface area (Å²) in [6.07, 6.45) is 1.06. The third-order valence-electron chi connectivity index (χ3n) is 2.76. The predicted octanol–water partition coefficient (Wildman–Crippen LogP) is 2.14. The molecular weight excluding hydrogens is 202 g/mol. The van der Waals surface area contributed by atoms with Gasteiger partial charge in [0.1, 0.15) is 0 Å². The van der Waals surface area contributed by atoms with Crippen molar-refractivity contribution in [3.8, 4) is 6.07 Å². The van der Waals surface area contributed by atoms with Crippen molar-refractivity contribution >= 4 is 5.97 Å². The molecule has 0 aromatic heterocycles. The molecule has 0 aliphatic heterocycles. The molecular formula is C13H15NO2. The largest absolute Gasteiger partial charge is 0.469 e. The summed E-state index contributed by atoms with van der Waals surface area (Å²) < 4.78 is 4.63. The summed E-state index contributed by atoms with van der Waals surface area (Å²) in [5.41, 5.74) is 3.53. The Balaban J connectivity index is 3.22. The number of carbonyl (C=O) groups is 1. The zero-order valence-corrected chi connectivity index (χ0v) is 9.83. The minimum atomic E-state index is -0.312. The van der Waals surface area contributed by atoms with Crippen LogP contribution in [0.15, 0.2) is 12.1 Å². The van der Waals surface area contributed by atoms with Gasteiger partial charge in [-0.2, -0.15) is 5.26 Å².